The molecule has 3 rings (SSSR count). The van der Waals surface area contributed by atoms with Crippen molar-refractivity contribution in [3.63, 3.8) is 0 Å². The third kappa shape index (κ3) is 2.96. The van der Waals surface area contributed by atoms with Crippen LogP contribution in [0.5, 0.6) is 5.75 Å². The lowest BCUT2D eigenvalue weighted by Gasteiger charge is -2.39. The summed E-state index contributed by atoms with van der Waals surface area (Å²) < 4.78 is 5.79. The fourth-order valence-electron chi connectivity index (χ4n) is 3.33. The van der Waals surface area contributed by atoms with Crippen LogP contribution in [0.15, 0.2) is 24.3 Å². The first-order chi connectivity index (χ1) is 10.7. The van der Waals surface area contributed by atoms with Gasteiger partial charge in [0, 0.05) is 38.6 Å². The zero-order valence-corrected chi connectivity index (χ0v) is 13.1. The summed E-state index contributed by atoms with van der Waals surface area (Å²) in [7, 11) is 0. The molecule has 0 saturated carbocycles. The maximum atomic E-state index is 12.6. The van der Waals surface area contributed by atoms with Gasteiger partial charge < -0.3 is 14.7 Å². The van der Waals surface area contributed by atoms with Crippen molar-refractivity contribution in [1.82, 2.24) is 9.80 Å². The van der Waals surface area contributed by atoms with Gasteiger partial charge in [0.05, 0.1) is 6.61 Å². The van der Waals surface area contributed by atoms with Crippen LogP contribution in [0.25, 0.3) is 0 Å². The molecule has 0 radical (unpaired) electrons. The highest BCUT2D eigenvalue weighted by Crippen LogP contribution is 2.29. The lowest BCUT2D eigenvalue weighted by Crippen LogP contribution is -2.55. The first kappa shape index (κ1) is 15.3. The summed E-state index contributed by atoms with van der Waals surface area (Å²) in [6.07, 6.45) is 1.23. The van der Waals surface area contributed by atoms with E-state index in [0.29, 0.717) is 19.5 Å². The highest BCUT2D eigenvalue weighted by Gasteiger charge is 2.34. The SMILES string of the molecule is CCC(CO)N1CCN(C(=O)C2Cc3ccccc3O2)CC1. The number of ether oxygens (including phenoxy) is 1. The molecule has 0 spiro atoms. The molecule has 0 bridgehead atoms. The third-order valence-corrected chi connectivity index (χ3v) is 4.75. The maximum absolute atomic E-state index is 12.6. The average molecular weight is 304 g/mol. The molecule has 2 heterocycles. The molecule has 2 aliphatic heterocycles. The number of nitrogens with zero attached hydrogens (tertiary/aromatic N) is 2. The first-order valence-corrected chi connectivity index (χ1v) is 8.11. The highest BCUT2D eigenvalue weighted by atomic mass is 16.5. The molecule has 22 heavy (non-hydrogen) atoms. The number of fused-ring (bicyclic) bond motifs is 1. The van der Waals surface area contributed by atoms with Gasteiger partial charge >= 0.3 is 0 Å². The zero-order valence-electron chi connectivity index (χ0n) is 13.1. The summed E-state index contributed by atoms with van der Waals surface area (Å²) in [6.45, 7) is 5.35. The molecule has 2 atom stereocenters. The topological polar surface area (TPSA) is 53.0 Å². The van der Waals surface area contributed by atoms with Gasteiger partial charge in [-0.05, 0) is 18.1 Å². The van der Waals surface area contributed by atoms with Crippen LogP contribution in [0.3, 0.4) is 0 Å². The summed E-state index contributed by atoms with van der Waals surface area (Å²) in [4.78, 5) is 16.8. The van der Waals surface area contributed by atoms with Crippen LogP contribution < -0.4 is 4.74 Å². The highest BCUT2D eigenvalue weighted by molar-refractivity contribution is 5.82. The summed E-state index contributed by atoms with van der Waals surface area (Å²) in [5.74, 6) is 0.929. The standard InChI is InChI=1S/C17H24N2O3/c1-2-14(12-20)18-7-9-19(10-8-18)17(21)16-11-13-5-3-4-6-15(13)22-16/h3-6,14,16,20H,2,7-12H2,1H3. The van der Waals surface area contributed by atoms with Crippen molar-refractivity contribution in [1.29, 1.82) is 0 Å². The Morgan fingerprint density at radius 3 is 2.68 bits per heavy atom. The summed E-state index contributed by atoms with van der Waals surface area (Å²) in [6, 6.07) is 8.07. The molecule has 1 saturated heterocycles. The number of rotatable bonds is 4. The van der Waals surface area contributed by atoms with Crippen molar-refractivity contribution < 1.29 is 14.6 Å². The van der Waals surface area contributed by atoms with Crippen molar-refractivity contribution in [2.24, 2.45) is 0 Å². The van der Waals surface area contributed by atoms with Gasteiger partial charge in [0.2, 0.25) is 0 Å². The zero-order chi connectivity index (χ0) is 15.5. The van der Waals surface area contributed by atoms with E-state index in [1.54, 1.807) is 0 Å². The van der Waals surface area contributed by atoms with Crippen molar-refractivity contribution in [3.8, 4) is 5.75 Å². The number of aliphatic hydroxyl groups is 1. The maximum Gasteiger partial charge on any atom is 0.264 e. The largest absolute Gasteiger partial charge is 0.480 e. The second kappa shape index (κ2) is 6.67. The predicted octanol–water partition coefficient (Wildman–Crippen LogP) is 0.905. The Balaban J connectivity index is 1.55. The van der Waals surface area contributed by atoms with E-state index in [0.717, 1.165) is 30.8 Å². The number of para-hydroxylation sites is 1. The molecule has 1 N–H and O–H groups in total. The second-order valence-electron chi connectivity index (χ2n) is 6.02. The van der Waals surface area contributed by atoms with Gasteiger partial charge in [-0.2, -0.15) is 0 Å². The van der Waals surface area contributed by atoms with Crippen LogP contribution in [0.2, 0.25) is 0 Å². The number of hydrogen-bond donors (Lipinski definition) is 1. The van der Waals surface area contributed by atoms with E-state index in [-0.39, 0.29) is 24.7 Å². The minimum Gasteiger partial charge on any atom is -0.480 e. The van der Waals surface area contributed by atoms with E-state index in [1.165, 1.54) is 0 Å². The van der Waals surface area contributed by atoms with Gasteiger partial charge in [-0.15, -0.1) is 0 Å². The monoisotopic (exact) mass is 304 g/mol. The predicted molar refractivity (Wildman–Crippen MR) is 83.9 cm³/mol. The van der Waals surface area contributed by atoms with Crippen molar-refractivity contribution >= 4 is 5.91 Å². The van der Waals surface area contributed by atoms with E-state index in [4.69, 9.17) is 4.74 Å². The van der Waals surface area contributed by atoms with Gasteiger partial charge in [0.25, 0.3) is 5.91 Å². The summed E-state index contributed by atoms with van der Waals surface area (Å²) in [5.41, 5.74) is 1.12. The van der Waals surface area contributed by atoms with E-state index >= 15 is 0 Å². The molecule has 0 aromatic heterocycles. The molecular weight excluding hydrogens is 280 g/mol. The molecule has 2 unspecified atom stereocenters. The fraction of sp³-hybridized carbons (Fsp3) is 0.588. The Hall–Kier alpha value is -1.59. The number of piperazine rings is 1. The Labute approximate surface area is 131 Å². The van der Waals surface area contributed by atoms with Crippen LogP contribution in [-0.2, 0) is 11.2 Å². The number of benzene rings is 1. The van der Waals surface area contributed by atoms with E-state index in [1.807, 2.05) is 29.2 Å². The number of amides is 1. The molecule has 1 aromatic rings. The number of aliphatic hydroxyl groups excluding tert-OH is 1. The van der Waals surface area contributed by atoms with Crippen molar-refractivity contribution in [3.05, 3.63) is 29.8 Å². The van der Waals surface area contributed by atoms with Crippen LogP contribution in [-0.4, -0.2) is 65.7 Å². The molecule has 1 aromatic carbocycles. The number of carbonyl (C=O) groups excluding carboxylic acids is 1. The Bertz CT molecular complexity index is 497. The lowest BCUT2D eigenvalue weighted by atomic mass is 10.1. The molecule has 1 amide bonds. The number of carbonyl (C=O) groups is 1. The second-order valence-corrected chi connectivity index (χ2v) is 6.02. The quantitative estimate of drug-likeness (QED) is 0.898. The van der Waals surface area contributed by atoms with E-state index in [9.17, 15) is 9.90 Å². The smallest absolute Gasteiger partial charge is 0.264 e. The van der Waals surface area contributed by atoms with E-state index < -0.39 is 0 Å². The minimum atomic E-state index is -0.372. The molecule has 0 aliphatic carbocycles. The van der Waals surface area contributed by atoms with Crippen molar-refractivity contribution in [2.75, 3.05) is 32.8 Å². The van der Waals surface area contributed by atoms with Gasteiger partial charge in [0.1, 0.15) is 5.75 Å². The molecular formula is C17H24N2O3. The van der Waals surface area contributed by atoms with Gasteiger partial charge in [-0.1, -0.05) is 25.1 Å². The molecule has 5 heteroatoms. The van der Waals surface area contributed by atoms with Crippen molar-refractivity contribution in [2.45, 2.75) is 31.9 Å². The van der Waals surface area contributed by atoms with E-state index in [2.05, 4.69) is 11.8 Å². The molecule has 120 valence electrons. The lowest BCUT2D eigenvalue weighted by molar-refractivity contribution is -0.140. The first-order valence-electron chi connectivity index (χ1n) is 8.11. The Morgan fingerprint density at radius 2 is 2.05 bits per heavy atom. The molecule has 2 aliphatic rings. The Morgan fingerprint density at radius 1 is 1.32 bits per heavy atom. The summed E-state index contributed by atoms with van der Waals surface area (Å²) in [5, 5.41) is 9.38. The van der Waals surface area contributed by atoms with Gasteiger partial charge in [-0.3, -0.25) is 9.69 Å². The normalized spacial score (nSPS) is 23.0. The Kier molecular flexibility index (Phi) is 4.64. The van der Waals surface area contributed by atoms with Gasteiger partial charge in [-0.25, -0.2) is 0 Å². The minimum absolute atomic E-state index is 0.0906. The number of hydrogen-bond acceptors (Lipinski definition) is 4. The van der Waals surface area contributed by atoms with Gasteiger partial charge in [0.15, 0.2) is 6.10 Å². The third-order valence-electron chi connectivity index (χ3n) is 4.75. The van der Waals surface area contributed by atoms with Crippen LogP contribution >= 0.6 is 0 Å². The fourth-order valence-corrected chi connectivity index (χ4v) is 3.33. The average Bonchev–Trinajstić information content (AvgIpc) is 3.00. The van der Waals surface area contributed by atoms with Crippen LogP contribution in [0.4, 0.5) is 0 Å². The van der Waals surface area contributed by atoms with Crippen LogP contribution in [0.1, 0.15) is 18.9 Å². The van der Waals surface area contributed by atoms with Crippen LogP contribution in [0, 0.1) is 0 Å². The molecule has 1 fully saturated rings. The summed E-state index contributed by atoms with van der Waals surface area (Å²) >= 11 is 0. The molecule has 5 nitrogen and oxygen atoms in total.